The largest absolute Gasteiger partial charge is 0.460 e. The average molecular weight is 1220 g/mol. The molecule has 4 aromatic carbocycles. The van der Waals surface area contributed by atoms with E-state index in [1.165, 1.54) is 10.6 Å². The van der Waals surface area contributed by atoms with E-state index in [0.717, 1.165) is 27.8 Å². The van der Waals surface area contributed by atoms with Gasteiger partial charge in [0.2, 0.25) is 35.4 Å². The highest BCUT2D eigenvalue weighted by Gasteiger charge is 2.46. The predicted molar refractivity (Wildman–Crippen MR) is 320 cm³/mol. The number of aromatic nitrogens is 2. The van der Waals surface area contributed by atoms with Crippen LogP contribution in [0.15, 0.2) is 95.8 Å². The van der Waals surface area contributed by atoms with Crippen molar-refractivity contribution in [1.29, 1.82) is 0 Å². The Morgan fingerprint density at radius 2 is 1.43 bits per heavy atom. The summed E-state index contributed by atoms with van der Waals surface area (Å²) >= 11 is 0. The number of carbonyl (C=O) groups excluding carboxylic acids is 9. The van der Waals surface area contributed by atoms with Crippen molar-refractivity contribution in [1.82, 2.24) is 46.8 Å². The summed E-state index contributed by atoms with van der Waals surface area (Å²) in [5, 5.41) is 30.0. The maximum Gasteiger partial charge on any atom is 0.407 e. The van der Waals surface area contributed by atoms with Crippen LogP contribution < -0.4 is 42.8 Å². The number of halogens is 1. The Balaban J connectivity index is 0.713. The van der Waals surface area contributed by atoms with Crippen LogP contribution in [0.2, 0.25) is 0 Å². The van der Waals surface area contributed by atoms with E-state index >= 15 is 4.39 Å². The summed E-state index contributed by atoms with van der Waals surface area (Å²) in [6, 6.07) is 23.6. The van der Waals surface area contributed by atoms with Gasteiger partial charge >= 0.3 is 18.0 Å². The molecule has 4 aliphatic rings. The van der Waals surface area contributed by atoms with E-state index in [1.807, 2.05) is 48.5 Å². The summed E-state index contributed by atoms with van der Waals surface area (Å²) in [7, 11) is 0. The molecule has 89 heavy (non-hydrogen) atoms. The molecule has 0 fully saturated rings. The third-order valence-electron chi connectivity index (χ3n) is 16.4. The zero-order chi connectivity index (χ0) is 63.5. The maximum absolute atomic E-state index is 15.5. The van der Waals surface area contributed by atoms with E-state index in [-0.39, 0.29) is 62.6 Å². The predicted octanol–water partition coefficient (Wildman–Crippen LogP) is 3.85. The second-order valence-electron chi connectivity index (χ2n) is 23.4. The summed E-state index contributed by atoms with van der Waals surface area (Å²) in [6.07, 6.45) is -1.10. The molecule has 24 heteroatoms. The summed E-state index contributed by atoms with van der Waals surface area (Å²) in [6.45, 7) is 5.80. The van der Waals surface area contributed by atoms with Crippen LogP contribution in [0, 0.1) is 12.7 Å². The van der Waals surface area contributed by atoms with Gasteiger partial charge in [-0.05, 0) is 97.5 Å². The van der Waals surface area contributed by atoms with Gasteiger partial charge in [-0.15, -0.1) is 0 Å². The molecule has 0 saturated heterocycles. The van der Waals surface area contributed by atoms with Crippen LogP contribution in [0.1, 0.15) is 115 Å². The molecule has 4 atom stereocenters. The molecule has 23 nitrogen and oxygen atoms in total. The number of aryl methyl sites for hydroxylation is 1. The Bertz CT molecular complexity index is 3890. The molecule has 4 heterocycles. The number of rotatable bonds is 21. The fourth-order valence-electron chi connectivity index (χ4n) is 12.0. The number of nitrogens with zero attached hydrogens (tertiary/aromatic N) is 2. The highest BCUT2D eigenvalue weighted by atomic mass is 19.1. The summed E-state index contributed by atoms with van der Waals surface area (Å²) in [4.78, 5) is 138. The first-order chi connectivity index (χ1) is 42.5. The Labute approximate surface area is 510 Å². The van der Waals surface area contributed by atoms with Crippen LogP contribution in [-0.4, -0.2) is 119 Å². The van der Waals surface area contributed by atoms with E-state index in [0.29, 0.717) is 57.4 Å². The van der Waals surface area contributed by atoms with Crippen LogP contribution in [0.4, 0.5) is 9.18 Å². The molecule has 0 radical (unpaired) electrons. The summed E-state index contributed by atoms with van der Waals surface area (Å²) in [5.74, 6) is -6.85. The summed E-state index contributed by atoms with van der Waals surface area (Å²) in [5.41, 5.74) is 4.77. The van der Waals surface area contributed by atoms with Crippen molar-refractivity contribution < 1.29 is 66.9 Å². The van der Waals surface area contributed by atoms with E-state index in [4.69, 9.17) is 19.2 Å². The molecule has 8 N–H and O–H groups in total. The monoisotopic (exact) mass is 1220 g/mol. The van der Waals surface area contributed by atoms with E-state index in [9.17, 15) is 53.1 Å². The Morgan fingerprint density at radius 1 is 0.787 bits per heavy atom. The fraction of sp³-hybridized carbons (Fsp3) is 0.369. The average Bonchev–Trinajstić information content (AvgIpc) is 1.64. The third kappa shape index (κ3) is 13.4. The second-order valence-corrected chi connectivity index (χ2v) is 23.4. The second kappa shape index (κ2) is 25.9. The Kier molecular flexibility index (Phi) is 18.1. The van der Waals surface area contributed by atoms with Crippen LogP contribution in [-0.2, 0) is 84.2 Å². The van der Waals surface area contributed by atoms with Gasteiger partial charge in [0.05, 0.1) is 61.1 Å². The highest BCUT2D eigenvalue weighted by molar-refractivity contribution is 5.96. The number of aliphatic hydroxyl groups is 1. The number of alkyl carbamates (subject to hydrolysis) is 1. The lowest BCUT2D eigenvalue weighted by molar-refractivity contribution is -0.172. The van der Waals surface area contributed by atoms with Crippen molar-refractivity contribution in [3.05, 3.63) is 157 Å². The normalized spacial score (nSPS) is 16.6. The lowest BCUT2D eigenvalue weighted by Crippen LogP contribution is -2.53. The van der Waals surface area contributed by atoms with E-state index in [1.54, 1.807) is 71.0 Å². The number of pyridine rings is 2. The van der Waals surface area contributed by atoms with E-state index < -0.39 is 120 Å². The quantitative estimate of drug-likeness (QED) is 0.0374. The molecular weight excluding hydrogens is 1150 g/mol. The molecule has 0 unspecified atom stereocenters. The van der Waals surface area contributed by atoms with Gasteiger partial charge in [-0.2, -0.15) is 0 Å². The number of cyclic esters (lactones) is 1. The van der Waals surface area contributed by atoms with Crippen molar-refractivity contribution in [2.24, 2.45) is 0 Å². The molecule has 464 valence electrons. The topological polar surface area (TPSA) is 321 Å². The molecule has 10 rings (SSSR count). The minimum Gasteiger partial charge on any atom is -0.460 e. The van der Waals surface area contributed by atoms with Gasteiger partial charge < -0.3 is 61.1 Å². The number of benzene rings is 4. The van der Waals surface area contributed by atoms with Gasteiger partial charge in [0, 0.05) is 47.9 Å². The number of ether oxygens (including phenoxy) is 3. The first-order valence-corrected chi connectivity index (χ1v) is 29.4. The van der Waals surface area contributed by atoms with Gasteiger partial charge in [0.15, 0.2) is 5.60 Å². The van der Waals surface area contributed by atoms with Crippen LogP contribution in [0.25, 0.3) is 33.4 Å². The molecule has 7 amide bonds. The third-order valence-corrected chi connectivity index (χ3v) is 16.4. The molecule has 0 spiro atoms. The number of carbonyl (C=O) groups is 9. The van der Waals surface area contributed by atoms with Crippen molar-refractivity contribution in [2.45, 2.75) is 122 Å². The molecule has 2 aromatic heterocycles. The fourth-order valence-corrected chi connectivity index (χ4v) is 12.0. The zero-order valence-electron chi connectivity index (χ0n) is 49.7. The lowest BCUT2D eigenvalue weighted by atomic mass is 9.81. The Hall–Kier alpha value is -9.84. The van der Waals surface area contributed by atoms with Gasteiger partial charge in [-0.3, -0.25) is 38.4 Å². The number of hydrogen-bond donors (Lipinski definition) is 8. The maximum atomic E-state index is 15.5. The number of hydrogen-bond acceptors (Lipinski definition) is 15. The highest BCUT2D eigenvalue weighted by Crippen LogP contribution is 2.47. The first-order valence-electron chi connectivity index (χ1n) is 29.4. The SMILES string of the molecule is CC[C@@]1(O)C(=O)OCc2c1cc1n(c2=O)Cc2c-1nc1cc(F)c(C)c3c1c2[C@@H](NC(=O)CCNC(=O)CNC(=O)[C@H](Cc1ccccc1)NC(=O)CNC(=O)CNC(=O)[C@H](CC(=O)OC(C)(C)C)NC(=O)OCC1c2ccccc2-c2ccccc21)CC3. The molecule has 6 aromatic rings. The molecule has 0 saturated carbocycles. The van der Waals surface area contributed by atoms with Gasteiger partial charge in [0.25, 0.3) is 5.56 Å². The van der Waals surface area contributed by atoms with Crippen LogP contribution in [0.5, 0.6) is 0 Å². The minimum atomic E-state index is -2.07. The standard InChI is InChI=1S/C65H68FN9O14/c1-6-65(86)44-25-50-58-41(31-75(50)61(83)43(44)33-87-62(65)84)57-46(21-20-36-34(2)45(66)26-47(73-58)56(36)57)71-51(76)22-23-67-52(77)28-69-59(81)48(24-35-14-8-7-9-15-35)72-54(79)30-68-53(78)29-70-60(82)49(27-55(80)89-64(3,4)5)74-63(85)88-32-42-39-18-12-10-16-37(39)38-17-11-13-19-40(38)42/h7-19,25-26,42,46,48-49,86H,6,20-24,27-33H2,1-5H3,(H,67,77)(H,68,78)(H,69,81)(H,70,82)(H,71,76)(H,72,79)(H,74,85)/t46-,48-,49-,65-/m0/s1. The van der Waals surface area contributed by atoms with Crippen molar-refractivity contribution in [2.75, 3.05) is 32.8 Å². The van der Waals surface area contributed by atoms with Crippen LogP contribution >= 0.6 is 0 Å². The van der Waals surface area contributed by atoms with Crippen molar-refractivity contribution >= 4 is 64.4 Å². The van der Waals surface area contributed by atoms with Gasteiger partial charge in [-0.25, -0.2) is 19.0 Å². The first kappa shape index (κ1) is 62.2. The van der Waals surface area contributed by atoms with Gasteiger partial charge in [-0.1, -0.05) is 85.8 Å². The smallest absolute Gasteiger partial charge is 0.407 e. The lowest BCUT2D eigenvalue weighted by Gasteiger charge is -2.31. The van der Waals surface area contributed by atoms with Crippen molar-refractivity contribution in [3.63, 3.8) is 0 Å². The summed E-state index contributed by atoms with van der Waals surface area (Å²) < 4.78 is 33.2. The molecular formula is C65H68FN9O14. The molecule has 2 aliphatic heterocycles. The number of esters is 2. The zero-order valence-corrected chi connectivity index (χ0v) is 49.7. The number of amides is 7. The Morgan fingerprint density at radius 3 is 2.10 bits per heavy atom. The van der Waals surface area contributed by atoms with E-state index in [2.05, 4.69) is 37.2 Å². The molecule has 2 aliphatic carbocycles. The minimum absolute atomic E-state index is 0.0177. The molecule has 0 bridgehead atoms. The van der Waals surface area contributed by atoms with Crippen molar-refractivity contribution in [3.8, 4) is 22.5 Å². The van der Waals surface area contributed by atoms with Crippen LogP contribution in [0.3, 0.4) is 0 Å². The van der Waals surface area contributed by atoms with Gasteiger partial charge in [0.1, 0.15) is 36.7 Å². The number of fused-ring (bicyclic) bond motifs is 8. The number of nitrogens with one attached hydrogen (secondary N) is 7.